The lowest BCUT2D eigenvalue weighted by Crippen LogP contribution is -2.36. The lowest BCUT2D eigenvalue weighted by Gasteiger charge is -2.32. The van der Waals surface area contributed by atoms with E-state index in [-0.39, 0.29) is 12.2 Å². The van der Waals surface area contributed by atoms with Crippen LogP contribution in [-0.2, 0) is 0 Å². The Morgan fingerprint density at radius 2 is 2.11 bits per heavy atom. The molecule has 98 valence electrons. The van der Waals surface area contributed by atoms with Crippen molar-refractivity contribution in [2.24, 2.45) is 5.92 Å². The molecule has 0 saturated carbocycles. The predicted octanol–water partition coefficient (Wildman–Crippen LogP) is 1.64. The smallest absolute Gasteiger partial charge is 0.339 e. The first-order valence-electron chi connectivity index (χ1n) is 5.87. The van der Waals surface area contributed by atoms with E-state index in [1.165, 1.54) is 12.1 Å². The Labute approximate surface area is 110 Å². The number of halogens is 1. The van der Waals surface area contributed by atoms with E-state index in [2.05, 4.69) is 4.98 Å². The van der Waals surface area contributed by atoms with Crippen LogP contribution in [0, 0.1) is 5.92 Å². The van der Waals surface area contributed by atoms with Crippen molar-refractivity contribution in [1.29, 1.82) is 0 Å². The zero-order chi connectivity index (χ0) is 13.1. The van der Waals surface area contributed by atoms with Gasteiger partial charge in [0.2, 0.25) is 0 Å². The summed E-state index contributed by atoms with van der Waals surface area (Å²) < 4.78 is 0. The van der Waals surface area contributed by atoms with E-state index < -0.39 is 5.97 Å². The van der Waals surface area contributed by atoms with Crippen molar-refractivity contribution in [2.75, 3.05) is 24.6 Å². The molecule has 2 heterocycles. The molecule has 6 heteroatoms. The van der Waals surface area contributed by atoms with Crippen LogP contribution in [0.15, 0.2) is 12.1 Å². The quantitative estimate of drug-likeness (QED) is 0.817. The molecule has 2 N–H and O–H groups in total. The first-order chi connectivity index (χ1) is 8.61. The highest BCUT2D eigenvalue weighted by molar-refractivity contribution is 6.29. The summed E-state index contributed by atoms with van der Waals surface area (Å²) in [7, 11) is 0. The SMILES string of the molecule is O=C(O)c1ccc(Cl)nc1N1CCC(CO)CC1. The number of anilines is 1. The molecule has 5 nitrogen and oxygen atoms in total. The van der Waals surface area contributed by atoms with Gasteiger partial charge in [-0.3, -0.25) is 0 Å². The molecule has 0 amide bonds. The van der Waals surface area contributed by atoms with E-state index in [0.29, 0.717) is 30.0 Å². The maximum Gasteiger partial charge on any atom is 0.339 e. The summed E-state index contributed by atoms with van der Waals surface area (Å²) in [5, 5.41) is 18.5. The molecular weight excluding hydrogens is 256 g/mol. The molecule has 1 aromatic rings. The normalized spacial score (nSPS) is 16.9. The standard InChI is InChI=1S/C12H15ClN2O3/c13-10-2-1-9(12(17)18)11(14-10)15-5-3-8(7-16)4-6-15/h1-2,8,16H,3-7H2,(H,17,18). The van der Waals surface area contributed by atoms with Crippen molar-refractivity contribution >= 4 is 23.4 Å². The van der Waals surface area contributed by atoms with Gasteiger partial charge in [0.15, 0.2) is 0 Å². The maximum absolute atomic E-state index is 11.1. The number of carboxylic acid groups (broad SMARTS) is 1. The zero-order valence-electron chi connectivity index (χ0n) is 9.84. The van der Waals surface area contributed by atoms with Crippen LogP contribution >= 0.6 is 11.6 Å². The number of aromatic carboxylic acids is 1. The van der Waals surface area contributed by atoms with E-state index in [1.807, 2.05) is 4.90 Å². The largest absolute Gasteiger partial charge is 0.478 e. The number of hydrogen-bond donors (Lipinski definition) is 2. The van der Waals surface area contributed by atoms with Crippen LogP contribution in [0.2, 0.25) is 5.15 Å². The average molecular weight is 271 g/mol. The molecule has 0 atom stereocenters. The first kappa shape index (κ1) is 13.1. The van der Waals surface area contributed by atoms with Gasteiger partial charge in [-0.1, -0.05) is 11.6 Å². The van der Waals surface area contributed by atoms with Gasteiger partial charge >= 0.3 is 5.97 Å². The highest BCUT2D eigenvalue weighted by atomic mass is 35.5. The fraction of sp³-hybridized carbons (Fsp3) is 0.500. The molecule has 1 aromatic heterocycles. The van der Waals surface area contributed by atoms with Gasteiger partial charge in [-0.05, 0) is 30.9 Å². The molecule has 2 rings (SSSR count). The van der Waals surface area contributed by atoms with Crippen LogP contribution in [-0.4, -0.2) is 40.9 Å². The predicted molar refractivity (Wildman–Crippen MR) is 68.2 cm³/mol. The summed E-state index contributed by atoms with van der Waals surface area (Å²) in [6, 6.07) is 2.96. The van der Waals surface area contributed by atoms with Gasteiger partial charge < -0.3 is 15.1 Å². The van der Waals surface area contributed by atoms with E-state index in [9.17, 15) is 4.79 Å². The lowest BCUT2D eigenvalue weighted by molar-refractivity contribution is 0.0697. The van der Waals surface area contributed by atoms with E-state index in [0.717, 1.165) is 12.8 Å². The minimum absolute atomic E-state index is 0.168. The van der Waals surface area contributed by atoms with Gasteiger partial charge in [-0.15, -0.1) is 0 Å². The number of hydrogen-bond acceptors (Lipinski definition) is 4. The number of carboxylic acids is 1. The van der Waals surface area contributed by atoms with E-state index in [4.69, 9.17) is 21.8 Å². The number of carbonyl (C=O) groups is 1. The molecule has 0 unspecified atom stereocenters. The van der Waals surface area contributed by atoms with Gasteiger partial charge in [0, 0.05) is 19.7 Å². The van der Waals surface area contributed by atoms with Crippen molar-refractivity contribution < 1.29 is 15.0 Å². The minimum Gasteiger partial charge on any atom is -0.478 e. The monoisotopic (exact) mass is 270 g/mol. The summed E-state index contributed by atoms with van der Waals surface area (Å²) in [6.07, 6.45) is 1.67. The molecule has 1 fully saturated rings. The second-order valence-electron chi connectivity index (χ2n) is 4.42. The molecule has 0 aromatic carbocycles. The van der Waals surface area contributed by atoms with Crippen molar-refractivity contribution in [1.82, 2.24) is 4.98 Å². The van der Waals surface area contributed by atoms with Crippen molar-refractivity contribution in [3.05, 3.63) is 22.8 Å². The maximum atomic E-state index is 11.1. The Bertz CT molecular complexity index is 445. The zero-order valence-corrected chi connectivity index (χ0v) is 10.6. The Kier molecular flexibility index (Phi) is 4.04. The minimum atomic E-state index is -1.00. The second-order valence-corrected chi connectivity index (χ2v) is 4.81. The fourth-order valence-corrected chi connectivity index (χ4v) is 2.30. The Morgan fingerprint density at radius 3 is 2.67 bits per heavy atom. The van der Waals surface area contributed by atoms with Gasteiger partial charge in [-0.25, -0.2) is 9.78 Å². The van der Waals surface area contributed by atoms with Gasteiger partial charge in [0.25, 0.3) is 0 Å². The molecule has 0 bridgehead atoms. The summed E-state index contributed by atoms with van der Waals surface area (Å²) in [6.45, 7) is 1.57. The van der Waals surface area contributed by atoms with E-state index >= 15 is 0 Å². The summed E-state index contributed by atoms with van der Waals surface area (Å²) >= 11 is 5.83. The van der Waals surface area contributed by atoms with Crippen molar-refractivity contribution in [3.8, 4) is 0 Å². The molecule has 1 saturated heterocycles. The number of rotatable bonds is 3. The molecule has 1 aliphatic rings. The number of piperidine rings is 1. The van der Waals surface area contributed by atoms with Gasteiger partial charge in [-0.2, -0.15) is 0 Å². The second kappa shape index (κ2) is 5.54. The third-order valence-corrected chi connectivity index (χ3v) is 3.45. The van der Waals surface area contributed by atoms with Crippen LogP contribution in [0.4, 0.5) is 5.82 Å². The third kappa shape index (κ3) is 2.73. The van der Waals surface area contributed by atoms with Crippen LogP contribution < -0.4 is 4.90 Å². The van der Waals surface area contributed by atoms with Gasteiger partial charge in [0.05, 0.1) is 0 Å². The molecule has 0 aliphatic carbocycles. The van der Waals surface area contributed by atoms with Crippen LogP contribution in [0.1, 0.15) is 23.2 Å². The average Bonchev–Trinajstić information content (AvgIpc) is 2.38. The molecule has 0 spiro atoms. The van der Waals surface area contributed by atoms with Crippen molar-refractivity contribution in [2.45, 2.75) is 12.8 Å². The summed E-state index contributed by atoms with van der Waals surface area (Å²) in [5.74, 6) is -0.279. The van der Waals surface area contributed by atoms with Crippen LogP contribution in [0.25, 0.3) is 0 Å². The van der Waals surface area contributed by atoms with Crippen LogP contribution in [0.5, 0.6) is 0 Å². The topological polar surface area (TPSA) is 73.7 Å². The number of aliphatic hydroxyl groups is 1. The highest BCUT2D eigenvalue weighted by Crippen LogP contribution is 2.26. The number of aromatic nitrogens is 1. The van der Waals surface area contributed by atoms with Crippen molar-refractivity contribution in [3.63, 3.8) is 0 Å². The number of pyridine rings is 1. The van der Waals surface area contributed by atoms with E-state index in [1.54, 1.807) is 0 Å². The summed E-state index contributed by atoms with van der Waals surface area (Å²) in [4.78, 5) is 17.2. The molecule has 1 aliphatic heterocycles. The molecule has 18 heavy (non-hydrogen) atoms. The highest BCUT2D eigenvalue weighted by Gasteiger charge is 2.23. The Morgan fingerprint density at radius 1 is 1.44 bits per heavy atom. The van der Waals surface area contributed by atoms with Gasteiger partial charge in [0.1, 0.15) is 16.5 Å². The van der Waals surface area contributed by atoms with Crippen LogP contribution in [0.3, 0.4) is 0 Å². The molecule has 0 radical (unpaired) electrons. The summed E-state index contributed by atoms with van der Waals surface area (Å²) in [5.41, 5.74) is 0.168. The third-order valence-electron chi connectivity index (χ3n) is 3.24. The Balaban J connectivity index is 2.22. The molecular formula is C12H15ClN2O3. The fourth-order valence-electron chi connectivity index (χ4n) is 2.16. The first-order valence-corrected chi connectivity index (χ1v) is 6.25. The lowest BCUT2D eigenvalue weighted by atomic mass is 9.97. The Hall–Kier alpha value is -1.33. The number of nitrogens with zero attached hydrogens (tertiary/aromatic N) is 2. The number of aliphatic hydroxyl groups excluding tert-OH is 1.